The van der Waals surface area contributed by atoms with Crippen LogP contribution < -0.4 is 18.9 Å². The normalized spacial score (nSPS) is 9.58. The van der Waals surface area contributed by atoms with Crippen LogP contribution in [0.5, 0.6) is 23.0 Å². The molecule has 5 aromatic carbocycles. The van der Waals surface area contributed by atoms with Crippen LogP contribution in [0.25, 0.3) is 10.8 Å². The third-order valence-electron chi connectivity index (χ3n) is 6.94. The van der Waals surface area contributed by atoms with Gasteiger partial charge in [0.05, 0.1) is 28.4 Å². The fraction of sp³-hybridized carbons (Fsp3) is 0.200. The molecule has 0 saturated heterocycles. The predicted octanol–water partition coefficient (Wildman–Crippen LogP) is 8.74. The van der Waals surface area contributed by atoms with Crippen molar-refractivity contribution in [1.29, 1.82) is 0 Å². The number of hydrogen-bond donors (Lipinski definition) is 0. The van der Waals surface area contributed by atoms with Crippen LogP contribution >= 0.6 is 0 Å². The molecule has 0 bridgehead atoms. The molecule has 0 aromatic heterocycles. The van der Waals surface area contributed by atoms with E-state index in [2.05, 4.69) is 0 Å². The van der Waals surface area contributed by atoms with Gasteiger partial charge in [-0.2, -0.15) is 0 Å². The monoisotopic (exact) mass is 650 g/mol. The maximum absolute atomic E-state index is 11.2. The zero-order valence-corrected chi connectivity index (χ0v) is 28.7. The quantitative estimate of drug-likeness (QED) is 0.154. The average molecular weight is 651 g/mol. The number of carbonyl (C=O) groups is 4. The van der Waals surface area contributed by atoms with Crippen LogP contribution in [0.2, 0.25) is 0 Å². The van der Waals surface area contributed by atoms with Gasteiger partial charge in [-0.15, -0.1) is 0 Å². The van der Waals surface area contributed by atoms with Crippen LogP contribution in [0, 0.1) is 0 Å². The van der Waals surface area contributed by atoms with Gasteiger partial charge in [0, 0.05) is 22.3 Å². The van der Waals surface area contributed by atoms with Gasteiger partial charge in [0.2, 0.25) is 0 Å². The van der Waals surface area contributed by atoms with Crippen LogP contribution in [-0.4, -0.2) is 51.6 Å². The lowest BCUT2D eigenvalue weighted by atomic mass is 10.0. The van der Waals surface area contributed by atoms with E-state index in [9.17, 15) is 19.2 Å². The molecule has 5 aromatic rings. The Morgan fingerprint density at radius 2 is 0.583 bits per heavy atom. The Morgan fingerprint density at radius 1 is 0.333 bits per heavy atom. The van der Waals surface area contributed by atoms with E-state index in [1.165, 1.54) is 13.8 Å². The molecule has 0 spiro atoms. The molecule has 0 N–H and O–H groups in total. The molecule has 250 valence electrons. The van der Waals surface area contributed by atoms with Crippen LogP contribution in [0.1, 0.15) is 69.1 Å². The Hall–Kier alpha value is -5.76. The van der Waals surface area contributed by atoms with E-state index in [4.69, 9.17) is 18.9 Å². The number of ether oxygens (including phenoxy) is 4. The van der Waals surface area contributed by atoms with Gasteiger partial charge in [-0.1, -0.05) is 42.5 Å². The number of ketones is 4. The van der Waals surface area contributed by atoms with Gasteiger partial charge in [-0.05, 0) is 105 Å². The van der Waals surface area contributed by atoms with Crippen molar-refractivity contribution in [3.63, 3.8) is 0 Å². The first-order valence-corrected chi connectivity index (χ1v) is 15.0. The molecule has 0 heterocycles. The SMILES string of the molecule is CC(=O)c1ccc(C(C)=O)cc1.COc1ccc(C(C)=O)cc1.COc1ccc(OC)cc1.COc1ccc2cc(C(C)=O)ccc2c1. The second-order valence-corrected chi connectivity index (χ2v) is 10.3. The molecule has 48 heavy (non-hydrogen) atoms. The van der Waals surface area contributed by atoms with Gasteiger partial charge in [0.15, 0.2) is 23.1 Å². The zero-order valence-electron chi connectivity index (χ0n) is 28.7. The second-order valence-electron chi connectivity index (χ2n) is 10.3. The van der Waals surface area contributed by atoms with Crippen molar-refractivity contribution in [2.24, 2.45) is 0 Å². The molecule has 0 fully saturated rings. The molecule has 0 amide bonds. The third kappa shape index (κ3) is 12.6. The third-order valence-corrected chi connectivity index (χ3v) is 6.94. The number of benzene rings is 5. The zero-order chi connectivity index (χ0) is 35.6. The van der Waals surface area contributed by atoms with Gasteiger partial charge in [-0.3, -0.25) is 19.2 Å². The lowest BCUT2D eigenvalue weighted by molar-refractivity contribution is 0.100. The van der Waals surface area contributed by atoms with Crippen molar-refractivity contribution in [3.8, 4) is 23.0 Å². The number of rotatable bonds is 8. The van der Waals surface area contributed by atoms with E-state index < -0.39 is 0 Å². The molecule has 8 nitrogen and oxygen atoms in total. The van der Waals surface area contributed by atoms with Gasteiger partial charge in [-0.25, -0.2) is 0 Å². The highest BCUT2D eigenvalue weighted by atomic mass is 16.5. The van der Waals surface area contributed by atoms with Crippen LogP contribution in [0.3, 0.4) is 0 Å². The maximum atomic E-state index is 11.2. The van der Waals surface area contributed by atoms with Crippen LogP contribution in [0.15, 0.2) is 109 Å². The summed E-state index contributed by atoms with van der Waals surface area (Å²) in [7, 11) is 6.53. The number of hydrogen-bond acceptors (Lipinski definition) is 8. The first-order valence-electron chi connectivity index (χ1n) is 15.0. The molecule has 0 aliphatic carbocycles. The van der Waals surface area contributed by atoms with Crippen LogP contribution in [-0.2, 0) is 0 Å². The number of carbonyl (C=O) groups excluding carboxylic acids is 4. The Kier molecular flexibility index (Phi) is 15.8. The molecular formula is C40H42O8. The van der Waals surface area contributed by atoms with Gasteiger partial charge in [0.25, 0.3) is 0 Å². The summed E-state index contributed by atoms with van der Waals surface area (Å²) in [6.07, 6.45) is 0. The lowest BCUT2D eigenvalue weighted by Crippen LogP contribution is -1.95. The Morgan fingerprint density at radius 3 is 0.917 bits per heavy atom. The summed E-state index contributed by atoms with van der Waals surface area (Å²) in [5, 5.41) is 2.14. The summed E-state index contributed by atoms with van der Waals surface area (Å²) in [5.74, 6) is 3.50. The Balaban J connectivity index is 0.000000225. The second kappa shape index (κ2) is 19.7. The summed E-state index contributed by atoms with van der Waals surface area (Å²) in [6.45, 7) is 6.12. The van der Waals surface area contributed by atoms with Gasteiger partial charge in [0.1, 0.15) is 23.0 Å². The molecule has 0 radical (unpaired) electrons. The molecule has 0 aliphatic heterocycles. The van der Waals surface area contributed by atoms with Gasteiger partial charge >= 0.3 is 0 Å². The fourth-order valence-electron chi connectivity index (χ4n) is 4.05. The summed E-state index contributed by atoms with van der Waals surface area (Å²) in [4.78, 5) is 43.7. The summed E-state index contributed by atoms with van der Waals surface area (Å²) < 4.78 is 20.0. The molecule has 5 rings (SSSR count). The van der Waals surface area contributed by atoms with E-state index in [0.29, 0.717) is 16.7 Å². The highest BCUT2D eigenvalue weighted by Gasteiger charge is 2.03. The maximum Gasteiger partial charge on any atom is 0.159 e. The van der Waals surface area contributed by atoms with Crippen molar-refractivity contribution in [2.45, 2.75) is 27.7 Å². The van der Waals surface area contributed by atoms with Crippen molar-refractivity contribution in [1.82, 2.24) is 0 Å². The van der Waals surface area contributed by atoms with Crippen molar-refractivity contribution in [3.05, 3.63) is 131 Å². The number of Topliss-reactive ketones (excluding diaryl/α,β-unsaturated/α-hetero) is 4. The van der Waals surface area contributed by atoms with E-state index in [1.807, 2.05) is 60.7 Å². The molecule has 0 atom stereocenters. The van der Waals surface area contributed by atoms with Crippen molar-refractivity contribution < 1.29 is 38.1 Å². The molecule has 8 heteroatoms. The standard InChI is InChI=1S/C13H12O2.C10H10O2.C9H10O2.C8H10O2/c1-9(14)10-3-4-12-8-13(15-2)6-5-11(12)7-10;1-7(11)9-3-5-10(6-4-9)8(2)12;1-7(10)8-3-5-9(11-2)6-4-8;1-9-7-3-5-8(10-2)6-4-7/h3-8H,1-2H3;3-6H,1-2H3;3-6H,1-2H3;3-6H,1-2H3. The minimum atomic E-state index is 0.0186. The van der Waals surface area contributed by atoms with Crippen LogP contribution in [0.4, 0.5) is 0 Å². The minimum absolute atomic E-state index is 0.0186. The van der Waals surface area contributed by atoms with E-state index in [-0.39, 0.29) is 23.1 Å². The average Bonchev–Trinajstić information content (AvgIpc) is 3.11. The molecule has 0 unspecified atom stereocenters. The Bertz CT molecular complexity index is 1730. The summed E-state index contributed by atoms with van der Waals surface area (Å²) in [5.41, 5.74) is 2.73. The topological polar surface area (TPSA) is 105 Å². The lowest BCUT2D eigenvalue weighted by Gasteiger charge is -2.03. The first-order chi connectivity index (χ1) is 22.9. The first kappa shape index (κ1) is 38.4. The van der Waals surface area contributed by atoms with E-state index in [1.54, 1.807) is 90.8 Å². The molecule has 0 aliphatic rings. The van der Waals surface area contributed by atoms with Gasteiger partial charge < -0.3 is 18.9 Å². The van der Waals surface area contributed by atoms with E-state index >= 15 is 0 Å². The minimum Gasteiger partial charge on any atom is -0.497 e. The highest BCUT2D eigenvalue weighted by Crippen LogP contribution is 2.22. The fourth-order valence-corrected chi connectivity index (χ4v) is 4.05. The Labute approximate surface area is 282 Å². The van der Waals surface area contributed by atoms with Crippen molar-refractivity contribution >= 4 is 33.9 Å². The van der Waals surface area contributed by atoms with E-state index in [0.717, 1.165) is 39.3 Å². The number of methoxy groups -OCH3 is 4. The molecular weight excluding hydrogens is 608 g/mol. The largest absolute Gasteiger partial charge is 0.497 e. The molecule has 0 saturated carbocycles. The predicted molar refractivity (Wildman–Crippen MR) is 189 cm³/mol. The smallest absolute Gasteiger partial charge is 0.159 e. The summed E-state index contributed by atoms with van der Waals surface area (Å²) in [6, 6.07) is 32.6. The summed E-state index contributed by atoms with van der Waals surface area (Å²) >= 11 is 0. The highest BCUT2D eigenvalue weighted by molar-refractivity contribution is 5.99. The van der Waals surface area contributed by atoms with Crippen molar-refractivity contribution in [2.75, 3.05) is 28.4 Å². The number of fused-ring (bicyclic) bond motifs is 1.